The van der Waals surface area contributed by atoms with Gasteiger partial charge in [-0.3, -0.25) is 9.78 Å². The molecule has 0 saturated carbocycles. The fraction of sp³-hybridized carbons (Fsp3) is 0.192. The minimum atomic E-state index is -0.401. The molecule has 0 unspecified atom stereocenters. The number of amides is 2. The Morgan fingerprint density at radius 3 is 2.25 bits per heavy atom. The van der Waals surface area contributed by atoms with Gasteiger partial charge in [-0.25, -0.2) is 14.8 Å². The molecule has 9 nitrogen and oxygen atoms in total. The smallest absolute Gasteiger partial charge is 0.323 e. The van der Waals surface area contributed by atoms with E-state index in [2.05, 4.69) is 20.5 Å². The highest BCUT2D eigenvalue weighted by Crippen LogP contribution is 2.27. The van der Waals surface area contributed by atoms with Gasteiger partial charge in [-0.15, -0.1) is 11.6 Å². The van der Waals surface area contributed by atoms with Crippen LogP contribution in [0.25, 0.3) is 22.4 Å². The molecule has 1 saturated heterocycles. The van der Waals surface area contributed by atoms with Gasteiger partial charge in [0.05, 0.1) is 24.6 Å². The Balaban J connectivity index is 1.31. The number of hydrogen-bond acceptors (Lipinski definition) is 7. The molecule has 0 spiro atoms. The van der Waals surface area contributed by atoms with Crippen molar-refractivity contribution < 1.29 is 14.3 Å². The van der Waals surface area contributed by atoms with Crippen LogP contribution in [0.1, 0.15) is 10.4 Å². The molecule has 10 heteroatoms. The fourth-order valence-corrected chi connectivity index (χ4v) is 4.04. The van der Waals surface area contributed by atoms with Gasteiger partial charge in [0.15, 0.2) is 17.4 Å². The van der Waals surface area contributed by atoms with Crippen LogP contribution in [0.15, 0.2) is 66.9 Å². The Morgan fingerprint density at radius 2 is 1.58 bits per heavy atom. The van der Waals surface area contributed by atoms with Crippen molar-refractivity contribution in [1.82, 2.24) is 15.0 Å². The molecule has 2 aromatic heterocycles. The quantitative estimate of drug-likeness (QED) is 0.293. The number of urea groups is 1. The van der Waals surface area contributed by atoms with Gasteiger partial charge >= 0.3 is 6.03 Å². The molecule has 5 rings (SSSR count). The van der Waals surface area contributed by atoms with Crippen molar-refractivity contribution in [2.75, 3.05) is 47.7 Å². The Bertz CT molecular complexity index is 1390. The second-order valence-electron chi connectivity index (χ2n) is 8.13. The van der Waals surface area contributed by atoms with Crippen LogP contribution in [0, 0.1) is 0 Å². The molecular formula is C26H23ClN6O3. The molecule has 0 atom stereocenters. The molecule has 0 radical (unpaired) electrons. The number of nitrogens with zero attached hydrogens (tertiary/aromatic N) is 4. The zero-order chi connectivity index (χ0) is 24.9. The minimum Gasteiger partial charge on any atom is -0.378 e. The Hall–Kier alpha value is -4.08. The summed E-state index contributed by atoms with van der Waals surface area (Å²) >= 11 is 5.57. The van der Waals surface area contributed by atoms with E-state index in [1.807, 2.05) is 24.3 Å². The highest BCUT2D eigenvalue weighted by Gasteiger charge is 2.19. The molecule has 0 aliphatic carbocycles. The summed E-state index contributed by atoms with van der Waals surface area (Å²) < 4.78 is 5.49. The molecular weight excluding hydrogens is 480 g/mol. The number of halogens is 1. The number of aromatic nitrogens is 3. The maximum atomic E-state index is 12.4. The number of hydrogen-bond donors (Lipinski definition) is 2. The van der Waals surface area contributed by atoms with E-state index in [0.717, 1.165) is 35.5 Å². The summed E-state index contributed by atoms with van der Waals surface area (Å²) in [7, 11) is 0. The average molecular weight is 503 g/mol. The summed E-state index contributed by atoms with van der Waals surface area (Å²) in [5.74, 6) is 1.12. The van der Waals surface area contributed by atoms with Crippen molar-refractivity contribution in [3.8, 4) is 11.4 Å². The SMILES string of the molecule is O=C(Nc1ccc(C(=O)CCl)cc1)Nc1ccc(-c2nc(N3CCOCC3)c3ncccc3n2)cc1. The van der Waals surface area contributed by atoms with E-state index >= 15 is 0 Å². The number of alkyl halides is 1. The molecule has 3 heterocycles. The first-order chi connectivity index (χ1) is 17.6. The van der Waals surface area contributed by atoms with Crippen molar-refractivity contribution in [3.63, 3.8) is 0 Å². The van der Waals surface area contributed by atoms with Gasteiger partial charge in [0.1, 0.15) is 5.52 Å². The summed E-state index contributed by atoms with van der Waals surface area (Å²) in [6.07, 6.45) is 1.74. The van der Waals surface area contributed by atoms with Crippen LogP contribution in [0.4, 0.5) is 22.0 Å². The maximum absolute atomic E-state index is 12.4. The monoisotopic (exact) mass is 502 g/mol. The van der Waals surface area contributed by atoms with E-state index < -0.39 is 6.03 Å². The summed E-state index contributed by atoms with van der Waals surface area (Å²) in [6.45, 7) is 2.77. The standard InChI is InChI=1S/C26H23ClN6O3/c27-16-22(34)17-3-7-19(8-4-17)29-26(35)30-20-9-5-18(6-10-20)24-31-21-2-1-11-28-23(21)25(32-24)33-12-14-36-15-13-33/h1-11H,12-16H2,(H2,29,30,35). The molecule has 182 valence electrons. The molecule has 4 aromatic rings. The number of carbonyl (C=O) groups is 2. The summed E-state index contributed by atoms with van der Waals surface area (Å²) in [5, 5.41) is 5.54. The van der Waals surface area contributed by atoms with Crippen molar-refractivity contribution in [2.24, 2.45) is 0 Å². The van der Waals surface area contributed by atoms with Crippen molar-refractivity contribution in [2.45, 2.75) is 0 Å². The van der Waals surface area contributed by atoms with Crippen LogP contribution in [0.3, 0.4) is 0 Å². The lowest BCUT2D eigenvalue weighted by Gasteiger charge is -2.28. The third-order valence-corrected chi connectivity index (χ3v) is 5.98. The van der Waals surface area contributed by atoms with Crippen molar-refractivity contribution in [3.05, 3.63) is 72.4 Å². The first-order valence-corrected chi connectivity index (χ1v) is 12.0. The Kier molecular flexibility index (Phi) is 7.01. The van der Waals surface area contributed by atoms with Gasteiger partial charge < -0.3 is 20.3 Å². The van der Waals surface area contributed by atoms with E-state index in [-0.39, 0.29) is 11.7 Å². The molecule has 2 aromatic carbocycles. The number of carbonyl (C=O) groups excluding carboxylic acids is 2. The van der Waals surface area contributed by atoms with Crippen LogP contribution in [-0.2, 0) is 4.74 Å². The highest BCUT2D eigenvalue weighted by atomic mass is 35.5. The van der Waals surface area contributed by atoms with Gasteiger partial charge in [0.25, 0.3) is 0 Å². The lowest BCUT2D eigenvalue weighted by molar-refractivity contribution is 0.102. The molecule has 1 fully saturated rings. The number of morpholine rings is 1. The molecule has 36 heavy (non-hydrogen) atoms. The number of Topliss-reactive ketones (excluding diaryl/α,β-unsaturated/α-hetero) is 1. The highest BCUT2D eigenvalue weighted by molar-refractivity contribution is 6.30. The number of ether oxygens (including phenoxy) is 1. The fourth-order valence-electron chi connectivity index (χ4n) is 3.89. The second kappa shape index (κ2) is 10.7. The predicted octanol–water partition coefficient (Wildman–Crippen LogP) is 4.59. The van der Waals surface area contributed by atoms with Crippen LogP contribution in [0.2, 0.25) is 0 Å². The van der Waals surface area contributed by atoms with E-state index in [1.54, 1.807) is 42.6 Å². The van der Waals surface area contributed by atoms with Crippen molar-refractivity contribution in [1.29, 1.82) is 0 Å². The van der Waals surface area contributed by atoms with Crippen LogP contribution in [0.5, 0.6) is 0 Å². The first kappa shape index (κ1) is 23.7. The molecule has 2 N–H and O–H groups in total. The van der Waals surface area contributed by atoms with Gasteiger partial charge in [-0.2, -0.15) is 0 Å². The number of ketones is 1. The van der Waals surface area contributed by atoms with E-state index in [9.17, 15) is 9.59 Å². The molecule has 1 aliphatic rings. The third kappa shape index (κ3) is 5.27. The number of rotatable bonds is 6. The van der Waals surface area contributed by atoms with Gasteiger partial charge in [-0.05, 0) is 60.7 Å². The second-order valence-corrected chi connectivity index (χ2v) is 8.40. The third-order valence-electron chi connectivity index (χ3n) is 5.73. The summed E-state index contributed by atoms with van der Waals surface area (Å²) in [6, 6.07) is 17.3. The lowest BCUT2D eigenvalue weighted by atomic mass is 10.1. The number of anilines is 3. The van der Waals surface area contributed by atoms with Gasteiger partial charge in [0, 0.05) is 41.8 Å². The zero-order valence-electron chi connectivity index (χ0n) is 19.3. The lowest BCUT2D eigenvalue weighted by Crippen LogP contribution is -2.37. The van der Waals surface area contributed by atoms with Crippen LogP contribution >= 0.6 is 11.6 Å². The van der Waals surface area contributed by atoms with Crippen LogP contribution < -0.4 is 15.5 Å². The predicted molar refractivity (Wildman–Crippen MR) is 140 cm³/mol. The summed E-state index contributed by atoms with van der Waals surface area (Å²) in [5.41, 5.74) is 4.02. The first-order valence-electron chi connectivity index (χ1n) is 11.4. The van der Waals surface area contributed by atoms with E-state index in [0.29, 0.717) is 36.0 Å². The Morgan fingerprint density at radius 1 is 0.917 bits per heavy atom. The largest absolute Gasteiger partial charge is 0.378 e. The maximum Gasteiger partial charge on any atom is 0.323 e. The van der Waals surface area contributed by atoms with Gasteiger partial charge in [-0.1, -0.05) is 0 Å². The minimum absolute atomic E-state index is 0.0844. The molecule has 0 bridgehead atoms. The van der Waals surface area contributed by atoms with Gasteiger partial charge in [0.2, 0.25) is 0 Å². The van der Waals surface area contributed by atoms with Crippen molar-refractivity contribution >= 4 is 51.6 Å². The number of fused-ring (bicyclic) bond motifs is 1. The van der Waals surface area contributed by atoms with E-state index in [4.69, 9.17) is 26.3 Å². The number of benzene rings is 2. The Labute approximate surface area is 212 Å². The molecule has 1 aliphatic heterocycles. The number of nitrogens with one attached hydrogen (secondary N) is 2. The summed E-state index contributed by atoms with van der Waals surface area (Å²) in [4.78, 5) is 40.3. The average Bonchev–Trinajstić information content (AvgIpc) is 2.93. The van der Waals surface area contributed by atoms with E-state index in [1.165, 1.54) is 0 Å². The number of pyridine rings is 1. The normalized spacial score (nSPS) is 13.4. The van der Waals surface area contributed by atoms with Crippen LogP contribution in [-0.4, -0.2) is 58.9 Å². The molecule has 2 amide bonds. The topological polar surface area (TPSA) is 109 Å². The zero-order valence-corrected chi connectivity index (χ0v) is 20.0.